The van der Waals surface area contributed by atoms with E-state index in [9.17, 15) is 5.11 Å². The summed E-state index contributed by atoms with van der Waals surface area (Å²) in [5.41, 5.74) is 7.86. The number of phenolic OH excluding ortho intramolecular Hbond substituents is 1. The molecule has 2 rings (SSSR count). The van der Waals surface area contributed by atoms with E-state index in [-0.39, 0.29) is 11.8 Å². The Morgan fingerprint density at radius 3 is 3.17 bits per heavy atom. The van der Waals surface area contributed by atoms with Crippen molar-refractivity contribution >= 4 is 0 Å². The summed E-state index contributed by atoms with van der Waals surface area (Å²) in [5.74, 6) is 0.270. The first kappa shape index (κ1) is 7.58. The number of fused-ring (bicyclic) bond motifs is 1. The molecular formula is C9H11NO2. The molecule has 3 N–H and O–H groups in total. The average Bonchev–Trinajstić information content (AvgIpc) is 2.07. The van der Waals surface area contributed by atoms with Crippen molar-refractivity contribution in [2.24, 2.45) is 5.73 Å². The molecule has 0 aliphatic carbocycles. The van der Waals surface area contributed by atoms with Crippen LogP contribution < -0.4 is 5.73 Å². The van der Waals surface area contributed by atoms with Crippen LogP contribution in [-0.2, 0) is 11.3 Å². The summed E-state index contributed by atoms with van der Waals surface area (Å²) in [4.78, 5) is 0. The lowest BCUT2D eigenvalue weighted by Gasteiger charge is -2.22. The largest absolute Gasteiger partial charge is 0.508 e. The molecule has 0 unspecified atom stereocenters. The van der Waals surface area contributed by atoms with Crippen LogP contribution in [0.1, 0.15) is 17.2 Å². The van der Waals surface area contributed by atoms with E-state index in [0.29, 0.717) is 13.2 Å². The first-order valence-corrected chi connectivity index (χ1v) is 3.92. The second-order valence-corrected chi connectivity index (χ2v) is 3.00. The Morgan fingerprint density at radius 2 is 2.33 bits per heavy atom. The topological polar surface area (TPSA) is 55.5 Å². The lowest BCUT2D eigenvalue weighted by Crippen LogP contribution is -2.23. The van der Waals surface area contributed by atoms with Crippen molar-refractivity contribution in [3.8, 4) is 5.75 Å². The van der Waals surface area contributed by atoms with Gasteiger partial charge >= 0.3 is 0 Å². The highest BCUT2D eigenvalue weighted by atomic mass is 16.5. The molecule has 0 spiro atoms. The molecule has 12 heavy (non-hydrogen) atoms. The van der Waals surface area contributed by atoms with Gasteiger partial charge in [0.1, 0.15) is 5.75 Å². The number of aromatic hydroxyl groups is 1. The summed E-state index contributed by atoms with van der Waals surface area (Å²) < 4.78 is 5.24. The van der Waals surface area contributed by atoms with Crippen LogP contribution in [0.4, 0.5) is 0 Å². The molecule has 0 saturated carbocycles. The van der Waals surface area contributed by atoms with Crippen LogP contribution in [0.2, 0.25) is 0 Å². The van der Waals surface area contributed by atoms with Gasteiger partial charge < -0.3 is 15.6 Å². The fourth-order valence-corrected chi connectivity index (χ4v) is 1.44. The van der Waals surface area contributed by atoms with Gasteiger partial charge in [-0.1, -0.05) is 6.07 Å². The summed E-state index contributed by atoms with van der Waals surface area (Å²) in [6, 6.07) is 5.12. The summed E-state index contributed by atoms with van der Waals surface area (Å²) >= 11 is 0. The Labute approximate surface area is 70.8 Å². The van der Waals surface area contributed by atoms with Gasteiger partial charge in [-0.2, -0.15) is 0 Å². The summed E-state index contributed by atoms with van der Waals surface area (Å²) in [6.45, 7) is 1.14. The third-order valence-electron chi connectivity index (χ3n) is 2.08. The number of phenols is 1. The van der Waals surface area contributed by atoms with Crippen LogP contribution in [0.3, 0.4) is 0 Å². The van der Waals surface area contributed by atoms with Crippen LogP contribution in [0.5, 0.6) is 5.75 Å². The zero-order chi connectivity index (χ0) is 8.55. The van der Waals surface area contributed by atoms with Crippen molar-refractivity contribution in [1.82, 2.24) is 0 Å². The molecule has 0 saturated heterocycles. The molecule has 1 heterocycles. The first-order valence-electron chi connectivity index (χ1n) is 3.92. The molecule has 1 aliphatic rings. The average molecular weight is 165 g/mol. The molecule has 0 radical (unpaired) electrons. The van der Waals surface area contributed by atoms with Gasteiger partial charge in [0, 0.05) is 0 Å². The van der Waals surface area contributed by atoms with Crippen LogP contribution in [0.15, 0.2) is 18.2 Å². The van der Waals surface area contributed by atoms with E-state index in [1.165, 1.54) is 0 Å². The van der Waals surface area contributed by atoms with E-state index < -0.39 is 0 Å². The number of hydrogen-bond donors (Lipinski definition) is 2. The van der Waals surface area contributed by atoms with Gasteiger partial charge in [0.2, 0.25) is 0 Å². The van der Waals surface area contributed by atoms with E-state index >= 15 is 0 Å². The summed E-state index contributed by atoms with van der Waals surface area (Å²) in [6.07, 6.45) is 0. The van der Waals surface area contributed by atoms with E-state index in [0.717, 1.165) is 11.1 Å². The second kappa shape index (κ2) is 2.77. The van der Waals surface area contributed by atoms with Crippen molar-refractivity contribution in [2.45, 2.75) is 12.6 Å². The van der Waals surface area contributed by atoms with Gasteiger partial charge in [-0.3, -0.25) is 0 Å². The third kappa shape index (κ3) is 1.17. The van der Waals surface area contributed by atoms with Crippen molar-refractivity contribution in [3.05, 3.63) is 29.3 Å². The van der Waals surface area contributed by atoms with Crippen molar-refractivity contribution in [1.29, 1.82) is 0 Å². The predicted octanol–water partition coefficient (Wildman–Crippen LogP) is 0.922. The Morgan fingerprint density at radius 1 is 1.50 bits per heavy atom. The van der Waals surface area contributed by atoms with Gasteiger partial charge in [0.25, 0.3) is 0 Å². The molecule has 1 aromatic carbocycles. The van der Waals surface area contributed by atoms with E-state index in [4.69, 9.17) is 10.5 Å². The molecule has 0 aromatic heterocycles. The van der Waals surface area contributed by atoms with E-state index in [1.54, 1.807) is 12.1 Å². The Kier molecular flexibility index (Phi) is 1.75. The van der Waals surface area contributed by atoms with Crippen molar-refractivity contribution in [2.75, 3.05) is 6.61 Å². The molecule has 0 fully saturated rings. The van der Waals surface area contributed by atoms with E-state index in [1.807, 2.05) is 6.07 Å². The molecular weight excluding hydrogens is 154 g/mol. The van der Waals surface area contributed by atoms with Crippen LogP contribution >= 0.6 is 0 Å². The third-order valence-corrected chi connectivity index (χ3v) is 2.08. The Bertz CT molecular complexity index is 299. The molecule has 0 bridgehead atoms. The normalized spacial score (nSPS) is 21.9. The summed E-state index contributed by atoms with van der Waals surface area (Å²) in [5, 5.41) is 9.21. The molecule has 1 atom stereocenters. The maximum atomic E-state index is 9.21. The highest BCUT2D eigenvalue weighted by Gasteiger charge is 2.16. The SMILES string of the molecule is N[C@@H]1COCc2ccc(O)cc21. The van der Waals surface area contributed by atoms with Gasteiger partial charge in [0.15, 0.2) is 0 Å². The van der Waals surface area contributed by atoms with Gasteiger partial charge in [0.05, 0.1) is 19.3 Å². The van der Waals surface area contributed by atoms with Crippen LogP contribution in [-0.4, -0.2) is 11.7 Å². The minimum atomic E-state index is -0.0964. The number of rotatable bonds is 0. The van der Waals surface area contributed by atoms with Gasteiger partial charge in [-0.15, -0.1) is 0 Å². The van der Waals surface area contributed by atoms with E-state index in [2.05, 4.69) is 0 Å². The molecule has 1 aromatic rings. The zero-order valence-electron chi connectivity index (χ0n) is 6.66. The molecule has 3 nitrogen and oxygen atoms in total. The number of benzene rings is 1. The lowest BCUT2D eigenvalue weighted by molar-refractivity contribution is 0.0922. The maximum Gasteiger partial charge on any atom is 0.115 e. The minimum absolute atomic E-state index is 0.0964. The first-order chi connectivity index (χ1) is 5.77. The smallest absolute Gasteiger partial charge is 0.115 e. The monoisotopic (exact) mass is 165 g/mol. The number of ether oxygens (including phenoxy) is 1. The van der Waals surface area contributed by atoms with Crippen LogP contribution in [0.25, 0.3) is 0 Å². The van der Waals surface area contributed by atoms with Gasteiger partial charge in [-0.05, 0) is 23.3 Å². The summed E-state index contributed by atoms with van der Waals surface area (Å²) in [7, 11) is 0. The minimum Gasteiger partial charge on any atom is -0.508 e. The maximum absolute atomic E-state index is 9.21. The quantitative estimate of drug-likeness (QED) is 0.601. The molecule has 0 amide bonds. The molecule has 64 valence electrons. The fourth-order valence-electron chi connectivity index (χ4n) is 1.44. The predicted molar refractivity (Wildman–Crippen MR) is 44.7 cm³/mol. The number of hydrogen-bond acceptors (Lipinski definition) is 3. The standard InChI is InChI=1S/C9H11NO2/c10-9-5-12-4-6-1-2-7(11)3-8(6)9/h1-3,9,11H,4-5,10H2/t9-/m1/s1. The molecule has 3 heteroatoms. The van der Waals surface area contributed by atoms with Gasteiger partial charge in [-0.25, -0.2) is 0 Å². The Hall–Kier alpha value is -1.06. The fraction of sp³-hybridized carbons (Fsp3) is 0.333. The zero-order valence-corrected chi connectivity index (χ0v) is 6.66. The second-order valence-electron chi connectivity index (χ2n) is 3.00. The van der Waals surface area contributed by atoms with Crippen molar-refractivity contribution in [3.63, 3.8) is 0 Å². The lowest BCUT2D eigenvalue weighted by atomic mass is 9.99. The highest BCUT2D eigenvalue weighted by Crippen LogP contribution is 2.26. The van der Waals surface area contributed by atoms with Crippen LogP contribution in [0, 0.1) is 0 Å². The molecule has 1 aliphatic heterocycles. The highest BCUT2D eigenvalue weighted by molar-refractivity contribution is 5.37. The number of nitrogens with two attached hydrogens (primary N) is 1. The Balaban J connectivity index is 2.47. The van der Waals surface area contributed by atoms with Crippen molar-refractivity contribution < 1.29 is 9.84 Å².